The van der Waals surface area contributed by atoms with E-state index in [2.05, 4.69) is 26.2 Å². The van der Waals surface area contributed by atoms with E-state index in [0.717, 1.165) is 15.9 Å². The SMILES string of the molecule is COCC(O)CCNc1ncc(N)c(C)c1Br. The van der Waals surface area contributed by atoms with Gasteiger partial charge in [0, 0.05) is 13.7 Å². The van der Waals surface area contributed by atoms with Crippen LogP contribution in [-0.2, 0) is 4.74 Å². The zero-order chi connectivity index (χ0) is 12.8. The Morgan fingerprint density at radius 3 is 3.00 bits per heavy atom. The molecule has 0 radical (unpaired) electrons. The first-order valence-corrected chi connectivity index (χ1v) is 6.17. The first kappa shape index (κ1) is 14.2. The fraction of sp³-hybridized carbons (Fsp3) is 0.545. The van der Waals surface area contributed by atoms with Crippen molar-refractivity contribution in [3.05, 3.63) is 16.2 Å². The maximum absolute atomic E-state index is 9.48. The van der Waals surface area contributed by atoms with Gasteiger partial charge in [-0.1, -0.05) is 0 Å². The normalized spacial score (nSPS) is 12.5. The molecule has 1 aromatic heterocycles. The third-order valence-corrected chi connectivity index (χ3v) is 3.40. The number of nitrogens with zero attached hydrogens (tertiary/aromatic N) is 1. The molecule has 0 fully saturated rings. The topological polar surface area (TPSA) is 80.4 Å². The van der Waals surface area contributed by atoms with Crippen molar-refractivity contribution < 1.29 is 9.84 Å². The summed E-state index contributed by atoms with van der Waals surface area (Å²) in [5.41, 5.74) is 7.34. The number of pyridine rings is 1. The molecule has 1 aromatic rings. The maximum Gasteiger partial charge on any atom is 0.140 e. The van der Waals surface area contributed by atoms with E-state index in [-0.39, 0.29) is 0 Å². The van der Waals surface area contributed by atoms with Crippen LogP contribution in [0.15, 0.2) is 10.7 Å². The molecular weight excluding hydrogens is 286 g/mol. The number of aromatic nitrogens is 1. The second-order valence-corrected chi connectivity index (χ2v) is 4.62. The minimum Gasteiger partial charge on any atom is -0.397 e. The van der Waals surface area contributed by atoms with Crippen LogP contribution in [0.3, 0.4) is 0 Å². The van der Waals surface area contributed by atoms with E-state index in [1.807, 2.05) is 6.92 Å². The van der Waals surface area contributed by atoms with Crippen LogP contribution >= 0.6 is 15.9 Å². The highest BCUT2D eigenvalue weighted by molar-refractivity contribution is 9.10. The van der Waals surface area contributed by atoms with Gasteiger partial charge in [0.25, 0.3) is 0 Å². The van der Waals surface area contributed by atoms with E-state index in [1.54, 1.807) is 13.3 Å². The smallest absolute Gasteiger partial charge is 0.140 e. The minimum absolute atomic E-state index is 0.344. The molecule has 0 spiro atoms. The molecule has 1 heterocycles. The summed E-state index contributed by atoms with van der Waals surface area (Å²) in [5.74, 6) is 0.737. The van der Waals surface area contributed by atoms with Gasteiger partial charge in [-0.3, -0.25) is 0 Å². The number of halogens is 1. The van der Waals surface area contributed by atoms with Gasteiger partial charge >= 0.3 is 0 Å². The molecule has 0 saturated heterocycles. The lowest BCUT2D eigenvalue weighted by Gasteiger charge is -2.13. The molecule has 17 heavy (non-hydrogen) atoms. The third-order valence-electron chi connectivity index (χ3n) is 2.43. The van der Waals surface area contributed by atoms with E-state index < -0.39 is 6.10 Å². The molecule has 4 N–H and O–H groups in total. The van der Waals surface area contributed by atoms with E-state index in [9.17, 15) is 5.11 Å². The molecule has 0 aromatic carbocycles. The van der Waals surface area contributed by atoms with Crippen molar-refractivity contribution >= 4 is 27.4 Å². The standard InChI is InChI=1S/C11H18BrN3O2/c1-7-9(13)5-15-11(10(7)12)14-4-3-8(16)6-17-2/h5,8,16H,3-4,6,13H2,1-2H3,(H,14,15). The quantitative estimate of drug-likeness (QED) is 0.743. The summed E-state index contributed by atoms with van der Waals surface area (Å²) in [4.78, 5) is 4.19. The predicted octanol–water partition coefficient (Wildman–Crippen LogP) is 1.54. The van der Waals surface area contributed by atoms with Crippen molar-refractivity contribution in [3.63, 3.8) is 0 Å². The van der Waals surface area contributed by atoms with Crippen LogP contribution in [-0.4, -0.2) is 36.5 Å². The molecule has 0 aliphatic heterocycles. The summed E-state index contributed by atoms with van der Waals surface area (Å²) in [6.07, 6.45) is 1.76. The molecule has 0 amide bonds. The molecule has 0 aliphatic rings. The molecule has 1 rings (SSSR count). The zero-order valence-corrected chi connectivity index (χ0v) is 11.6. The zero-order valence-electron chi connectivity index (χ0n) is 10.0. The van der Waals surface area contributed by atoms with E-state index in [1.165, 1.54) is 0 Å². The van der Waals surface area contributed by atoms with E-state index >= 15 is 0 Å². The monoisotopic (exact) mass is 303 g/mol. The second-order valence-electron chi connectivity index (χ2n) is 3.83. The first-order valence-electron chi connectivity index (χ1n) is 5.37. The summed E-state index contributed by atoms with van der Waals surface area (Å²) < 4.78 is 5.71. The van der Waals surface area contributed by atoms with Crippen LogP contribution < -0.4 is 11.1 Å². The van der Waals surface area contributed by atoms with Gasteiger partial charge in [-0.15, -0.1) is 0 Å². The van der Waals surface area contributed by atoms with Gasteiger partial charge in [0.2, 0.25) is 0 Å². The molecule has 1 unspecified atom stereocenters. The molecule has 5 nitrogen and oxygen atoms in total. The summed E-state index contributed by atoms with van der Waals surface area (Å²) in [5, 5.41) is 12.6. The van der Waals surface area contributed by atoms with Crippen LogP contribution in [0.1, 0.15) is 12.0 Å². The molecule has 0 bridgehead atoms. The predicted molar refractivity (Wildman–Crippen MR) is 72.1 cm³/mol. The number of methoxy groups -OCH3 is 1. The number of nitrogens with one attached hydrogen (secondary N) is 1. The number of ether oxygens (including phenoxy) is 1. The van der Waals surface area contributed by atoms with E-state index in [0.29, 0.717) is 25.3 Å². The average molecular weight is 304 g/mol. The fourth-order valence-electron chi connectivity index (χ4n) is 1.35. The van der Waals surface area contributed by atoms with Crippen molar-refractivity contribution in [3.8, 4) is 0 Å². The first-order chi connectivity index (χ1) is 8.06. The molecule has 0 aliphatic carbocycles. The molecule has 96 valence electrons. The minimum atomic E-state index is -0.457. The van der Waals surface area contributed by atoms with Crippen molar-refractivity contribution in [2.45, 2.75) is 19.4 Å². The molecule has 0 saturated carbocycles. The summed E-state index contributed by atoms with van der Waals surface area (Å²) in [6, 6.07) is 0. The summed E-state index contributed by atoms with van der Waals surface area (Å²) in [6.45, 7) is 2.89. The van der Waals surface area contributed by atoms with Gasteiger partial charge in [-0.2, -0.15) is 0 Å². The van der Waals surface area contributed by atoms with Crippen molar-refractivity contribution in [2.75, 3.05) is 31.3 Å². The lowest BCUT2D eigenvalue weighted by atomic mass is 10.2. The Hall–Kier alpha value is -0.850. The number of nitrogens with two attached hydrogens (primary N) is 1. The molecule has 6 heteroatoms. The Morgan fingerprint density at radius 1 is 1.65 bits per heavy atom. The Bertz CT molecular complexity index is 374. The lowest BCUT2D eigenvalue weighted by molar-refractivity contribution is 0.0615. The van der Waals surface area contributed by atoms with Crippen molar-refractivity contribution in [2.24, 2.45) is 0 Å². The number of nitrogen functional groups attached to an aromatic ring is 1. The number of anilines is 2. The number of rotatable bonds is 6. The Balaban J connectivity index is 2.50. The highest BCUT2D eigenvalue weighted by Gasteiger charge is 2.08. The largest absolute Gasteiger partial charge is 0.397 e. The maximum atomic E-state index is 9.48. The van der Waals surface area contributed by atoms with Gasteiger partial charge in [-0.25, -0.2) is 4.98 Å². The van der Waals surface area contributed by atoms with Gasteiger partial charge in [0.05, 0.1) is 29.1 Å². The summed E-state index contributed by atoms with van der Waals surface area (Å²) in [7, 11) is 1.57. The van der Waals surface area contributed by atoms with Gasteiger partial charge in [-0.05, 0) is 34.8 Å². The number of hydrogen-bond acceptors (Lipinski definition) is 5. The number of aliphatic hydroxyl groups is 1. The van der Waals surface area contributed by atoms with Crippen molar-refractivity contribution in [1.82, 2.24) is 4.98 Å². The van der Waals surface area contributed by atoms with Crippen LogP contribution in [0.2, 0.25) is 0 Å². The van der Waals surface area contributed by atoms with E-state index in [4.69, 9.17) is 10.5 Å². The van der Waals surface area contributed by atoms with Crippen LogP contribution in [0, 0.1) is 6.92 Å². The Labute approximate surface area is 110 Å². The van der Waals surface area contributed by atoms with Crippen LogP contribution in [0.5, 0.6) is 0 Å². The van der Waals surface area contributed by atoms with Gasteiger partial charge in [0.1, 0.15) is 5.82 Å². The third kappa shape index (κ3) is 4.14. The Morgan fingerprint density at radius 2 is 2.35 bits per heavy atom. The highest BCUT2D eigenvalue weighted by Crippen LogP contribution is 2.27. The number of hydrogen-bond donors (Lipinski definition) is 3. The van der Waals surface area contributed by atoms with Gasteiger partial charge < -0.3 is 20.9 Å². The molecule has 1 atom stereocenters. The van der Waals surface area contributed by atoms with Gasteiger partial charge in [0.15, 0.2) is 0 Å². The second kappa shape index (κ2) is 6.78. The Kier molecular flexibility index (Phi) is 5.67. The lowest BCUT2D eigenvalue weighted by Crippen LogP contribution is -2.18. The summed E-state index contributed by atoms with van der Waals surface area (Å²) >= 11 is 3.44. The fourth-order valence-corrected chi connectivity index (χ4v) is 1.82. The molecular formula is C11H18BrN3O2. The van der Waals surface area contributed by atoms with Crippen LogP contribution in [0.4, 0.5) is 11.5 Å². The highest BCUT2D eigenvalue weighted by atomic mass is 79.9. The van der Waals surface area contributed by atoms with Crippen molar-refractivity contribution in [1.29, 1.82) is 0 Å². The number of aliphatic hydroxyl groups excluding tert-OH is 1. The average Bonchev–Trinajstić information content (AvgIpc) is 2.29. The van der Waals surface area contributed by atoms with Crippen LogP contribution in [0.25, 0.3) is 0 Å².